The Bertz CT molecular complexity index is 986. The molecule has 6 nitrogen and oxygen atoms in total. The maximum Gasteiger partial charge on any atom is 0.337 e. The number of carbonyl (C=O) groups excluding carboxylic acids is 2. The summed E-state index contributed by atoms with van der Waals surface area (Å²) >= 11 is 0. The highest BCUT2D eigenvalue weighted by molar-refractivity contribution is 6.03. The summed E-state index contributed by atoms with van der Waals surface area (Å²) in [6.07, 6.45) is 1.55. The average Bonchev–Trinajstić information content (AvgIpc) is 2.69. The quantitative estimate of drug-likeness (QED) is 0.667. The lowest BCUT2D eigenvalue weighted by molar-refractivity contribution is 0.0600. The number of ether oxygens (including phenoxy) is 1. The standard InChI is InChI=1S/C21H19N3O3/c1-14-6-3-4-9-18(14)24-20(25)19-13-17(10-11-22-19)23-16-8-5-7-15(12-16)21(26)27-2/h3-13H,1-2H3,(H,22,23)(H,24,25). The van der Waals surface area contributed by atoms with Gasteiger partial charge >= 0.3 is 5.97 Å². The fourth-order valence-corrected chi connectivity index (χ4v) is 2.54. The monoisotopic (exact) mass is 361 g/mol. The van der Waals surface area contributed by atoms with Gasteiger partial charge in [-0.2, -0.15) is 0 Å². The summed E-state index contributed by atoms with van der Waals surface area (Å²) in [5.41, 5.74) is 3.82. The van der Waals surface area contributed by atoms with Crippen LogP contribution in [0.15, 0.2) is 66.9 Å². The molecule has 0 unspecified atom stereocenters. The second kappa shape index (κ2) is 8.14. The number of hydrogen-bond acceptors (Lipinski definition) is 5. The van der Waals surface area contributed by atoms with Crippen LogP contribution in [0.4, 0.5) is 17.1 Å². The SMILES string of the molecule is COC(=O)c1cccc(Nc2ccnc(C(=O)Nc3ccccc3C)c2)c1. The van der Waals surface area contributed by atoms with Crippen LogP contribution in [0.1, 0.15) is 26.4 Å². The summed E-state index contributed by atoms with van der Waals surface area (Å²) < 4.78 is 4.73. The average molecular weight is 361 g/mol. The molecule has 27 heavy (non-hydrogen) atoms. The number of methoxy groups -OCH3 is 1. The minimum Gasteiger partial charge on any atom is -0.465 e. The van der Waals surface area contributed by atoms with Crippen molar-refractivity contribution in [3.05, 3.63) is 83.7 Å². The molecule has 0 aliphatic carbocycles. The van der Waals surface area contributed by atoms with E-state index in [1.165, 1.54) is 7.11 Å². The molecular formula is C21H19N3O3. The number of aryl methyl sites for hydroxylation is 1. The van der Waals surface area contributed by atoms with E-state index in [0.717, 1.165) is 11.3 Å². The van der Waals surface area contributed by atoms with Crippen LogP contribution in [0.2, 0.25) is 0 Å². The molecule has 0 atom stereocenters. The zero-order valence-corrected chi connectivity index (χ0v) is 15.0. The fraction of sp³-hybridized carbons (Fsp3) is 0.0952. The lowest BCUT2D eigenvalue weighted by atomic mass is 10.2. The van der Waals surface area contributed by atoms with Crippen molar-refractivity contribution >= 4 is 28.9 Å². The zero-order chi connectivity index (χ0) is 19.2. The first-order valence-electron chi connectivity index (χ1n) is 8.35. The number of pyridine rings is 1. The van der Waals surface area contributed by atoms with E-state index in [9.17, 15) is 9.59 Å². The van der Waals surface area contributed by atoms with Crippen molar-refractivity contribution in [1.29, 1.82) is 0 Å². The van der Waals surface area contributed by atoms with Gasteiger partial charge in [-0.15, -0.1) is 0 Å². The van der Waals surface area contributed by atoms with Crippen molar-refractivity contribution in [1.82, 2.24) is 4.98 Å². The Morgan fingerprint density at radius 3 is 2.52 bits per heavy atom. The number of rotatable bonds is 5. The maximum atomic E-state index is 12.5. The van der Waals surface area contributed by atoms with Crippen molar-refractivity contribution in [2.24, 2.45) is 0 Å². The molecule has 3 aromatic rings. The lowest BCUT2D eigenvalue weighted by Crippen LogP contribution is -2.14. The molecule has 0 aliphatic heterocycles. The summed E-state index contributed by atoms with van der Waals surface area (Å²) in [6, 6.07) is 17.9. The molecule has 136 valence electrons. The van der Waals surface area contributed by atoms with Gasteiger partial charge in [0, 0.05) is 23.3 Å². The third kappa shape index (κ3) is 4.49. The van der Waals surface area contributed by atoms with Crippen LogP contribution < -0.4 is 10.6 Å². The Balaban J connectivity index is 1.77. The second-order valence-electron chi connectivity index (χ2n) is 5.90. The highest BCUT2D eigenvalue weighted by Crippen LogP contribution is 2.20. The zero-order valence-electron chi connectivity index (χ0n) is 15.0. The minimum absolute atomic E-state index is 0.285. The summed E-state index contributed by atoms with van der Waals surface area (Å²) in [5.74, 6) is -0.706. The van der Waals surface area contributed by atoms with Crippen LogP contribution in [0.5, 0.6) is 0 Å². The molecule has 0 aliphatic rings. The Labute approximate surface area is 157 Å². The molecule has 0 bridgehead atoms. The van der Waals surface area contributed by atoms with E-state index in [4.69, 9.17) is 4.74 Å². The van der Waals surface area contributed by atoms with Crippen LogP contribution in [0.25, 0.3) is 0 Å². The molecule has 0 saturated carbocycles. The highest BCUT2D eigenvalue weighted by Gasteiger charge is 2.10. The molecule has 6 heteroatoms. The van der Waals surface area contributed by atoms with Crippen LogP contribution in [0, 0.1) is 6.92 Å². The highest BCUT2D eigenvalue weighted by atomic mass is 16.5. The Kier molecular flexibility index (Phi) is 5.47. The van der Waals surface area contributed by atoms with E-state index in [0.29, 0.717) is 16.9 Å². The number of carbonyl (C=O) groups is 2. The van der Waals surface area contributed by atoms with Crippen LogP contribution >= 0.6 is 0 Å². The van der Waals surface area contributed by atoms with Gasteiger partial charge in [0.2, 0.25) is 0 Å². The van der Waals surface area contributed by atoms with Crippen molar-refractivity contribution < 1.29 is 14.3 Å². The van der Waals surface area contributed by atoms with Gasteiger partial charge in [0.25, 0.3) is 5.91 Å². The molecule has 2 N–H and O–H groups in total. The first-order valence-corrected chi connectivity index (χ1v) is 8.35. The predicted octanol–water partition coefficient (Wildman–Crippen LogP) is 4.17. The molecule has 0 spiro atoms. The number of amides is 1. The third-order valence-corrected chi connectivity index (χ3v) is 3.96. The number of anilines is 3. The molecule has 1 amide bonds. The fourth-order valence-electron chi connectivity index (χ4n) is 2.54. The van der Waals surface area contributed by atoms with E-state index >= 15 is 0 Å². The number of aromatic nitrogens is 1. The summed E-state index contributed by atoms with van der Waals surface area (Å²) in [4.78, 5) is 28.3. The molecule has 0 radical (unpaired) electrons. The van der Waals surface area contributed by atoms with E-state index in [1.807, 2.05) is 37.3 Å². The van der Waals surface area contributed by atoms with Crippen LogP contribution in [-0.4, -0.2) is 24.0 Å². The number of para-hydroxylation sites is 1. The van der Waals surface area contributed by atoms with Crippen molar-refractivity contribution in [2.45, 2.75) is 6.92 Å². The van der Waals surface area contributed by atoms with Gasteiger partial charge in [0.1, 0.15) is 5.69 Å². The molecule has 2 aromatic carbocycles. The molecule has 1 heterocycles. The number of hydrogen-bond donors (Lipinski definition) is 2. The van der Waals surface area contributed by atoms with Gasteiger partial charge in [-0.25, -0.2) is 4.79 Å². The van der Waals surface area contributed by atoms with E-state index < -0.39 is 5.97 Å². The number of esters is 1. The third-order valence-electron chi connectivity index (χ3n) is 3.96. The molecule has 0 saturated heterocycles. The lowest BCUT2D eigenvalue weighted by Gasteiger charge is -2.10. The van der Waals surface area contributed by atoms with E-state index in [1.54, 1.807) is 36.5 Å². The van der Waals surface area contributed by atoms with Crippen molar-refractivity contribution in [3.8, 4) is 0 Å². The Morgan fingerprint density at radius 1 is 0.963 bits per heavy atom. The van der Waals surface area contributed by atoms with E-state index in [2.05, 4.69) is 15.6 Å². The number of nitrogens with one attached hydrogen (secondary N) is 2. The van der Waals surface area contributed by atoms with Crippen molar-refractivity contribution in [3.63, 3.8) is 0 Å². The first-order chi connectivity index (χ1) is 13.1. The summed E-state index contributed by atoms with van der Waals surface area (Å²) in [6.45, 7) is 1.93. The van der Waals surface area contributed by atoms with Crippen LogP contribution in [0.3, 0.4) is 0 Å². The summed E-state index contributed by atoms with van der Waals surface area (Å²) in [5, 5.41) is 6.02. The van der Waals surface area contributed by atoms with Crippen molar-refractivity contribution in [2.75, 3.05) is 17.7 Å². The van der Waals surface area contributed by atoms with Crippen LogP contribution in [-0.2, 0) is 4.74 Å². The smallest absolute Gasteiger partial charge is 0.337 e. The van der Waals surface area contributed by atoms with Gasteiger partial charge in [0.05, 0.1) is 12.7 Å². The molecule has 3 rings (SSSR count). The Morgan fingerprint density at radius 2 is 1.74 bits per heavy atom. The number of nitrogens with zero attached hydrogens (tertiary/aromatic N) is 1. The van der Waals surface area contributed by atoms with Gasteiger partial charge < -0.3 is 15.4 Å². The largest absolute Gasteiger partial charge is 0.465 e. The van der Waals surface area contributed by atoms with Gasteiger partial charge in [-0.1, -0.05) is 24.3 Å². The van der Waals surface area contributed by atoms with E-state index in [-0.39, 0.29) is 11.6 Å². The molecule has 0 fully saturated rings. The molecule has 1 aromatic heterocycles. The first kappa shape index (κ1) is 18.1. The van der Waals surface area contributed by atoms with Gasteiger partial charge in [0.15, 0.2) is 0 Å². The summed E-state index contributed by atoms with van der Waals surface area (Å²) in [7, 11) is 1.34. The minimum atomic E-state index is -0.410. The Hall–Kier alpha value is -3.67. The van der Waals surface area contributed by atoms with Gasteiger partial charge in [-0.05, 0) is 48.9 Å². The maximum absolute atomic E-state index is 12.5. The molecular weight excluding hydrogens is 342 g/mol. The number of benzene rings is 2. The second-order valence-corrected chi connectivity index (χ2v) is 5.90. The topological polar surface area (TPSA) is 80.3 Å². The normalized spacial score (nSPS) is 10.1. The predicted molar refractivity (Wildman–Crippen MR) is 104 cm³/mol. The van der Waals surface area contributed by atoms with Gasteiger partial charge in [-0.3, -0.25) is 9.78 Å².